The maximum Gasteiger partial charge on any atom is 0.472 e. The zero-order valence-corrected chi connectivity index (χ0v) is 24.6. The molecule has 240 valence electrons. The van der Waals surface area contributed by atoms with Crippen molar-refractivity contribution in [3.05, 3.63) is 29.3 Å². The van der Waals surface area contributed by atoms with Crippen molar-refractivity contribution in [3.8, 4) is 0 Å². The molecule has 4 aromatic rings. The first-order chi connectivity index (χ1) is 21.3. The second-order valence-electron chi connectivity index (χ2n) is 10.3. The fourth-order valence-corrected chi connectivity index (χ4v) is 7.48. The Morgan fingerprint density at radius 3 is 2.20 bits per heavy atom. The monoisotopic (exact) mass is 674 g/mol. The number of nitrogens with zero attached hydrogens (tertiary/aromatic N) is 7. The van der Waals surface area contributed by atoms with Crippen LogP contribution in [0.25, 0.3) is 22.3 Å². The van der Waals surface area contributed by atoms with E-state index in [9.17, 15) is 18.8 Å². The number of hydrogen-bond acceptors (Lipinski definition) is 16. The molecule has 0 aliphatic carbocycles. The zero-order chi connectivity index (χ0) is 31.8. The van der Waals surface area contributed by atoms with Crippen LogP contribution >= 0.6 is 15.3 Å². The number of hydrogen-bond donors (Lipinski definition) is 4. The third kappa shape index (κ3) is 5.32. The van der Waals surface area contributed by atoms with Gasteiger partial charge in [-0.2, -0.15) is 4.98 Å². The molecule has 0 saturated carbocycles. The number of aromatic amines is 1. The minimum atomic E-state index is -5.11. The molecule has 4 aromatic heterocycles. The molecule has 7 rings (SSSR count). The average Bonchev–Trinajstić information content (AvgIpc) is 3.72. The van der Waals surface area contributed by atoms with Gasteiger partial charge in [0.1, 0.15) is 36.3 Å². The van der Waals surface area contributed by atoms with Crippen LogP contribution in [0.2, 0.25) is 0 Å². The molecular weight excluding hydrogens is 651 g/mol. The van der Waals surface area contributed by atoms with Crippen molar-refractivity contribution < 1.29 is 50.4 Å². The molecule has 25 heteroatoms. The van der Waals surface area contributed by atoms with Crippen LogP contribution in [-0.2, 0) is 36.7 Å². The number of H-pyrrole nitrogens is 1. The minimum absolute atomic E-state index is 0.0273. The summed E-state index contributed by atoms with van der Waals surface area (Å²) in [5.74, 6) is -0.259. The zero-order valence-electron chi connectivity index (χ0n) is 22.8. The van der Waals surface area contributed by atoms with Gasteiger partial charge < -0.3 is 34.9 Å². The number of ether oxygens (including phenoxy) is 2. The summed E-state index contributed by atoms with van der Waals surface area (Å²) in [6, 6.07) is 0. The topological polar surface area (TPSA) is 269 Å². The van der Waals surface area contributed by atoms with Crippen LogP contribution in [0.3, 0.4) is 0 Å². The predicted molar refractivity (Wildman–Crippen MR) is 148 cm³/mol. The number of alkyl halides is 2. The molecule has 20 nitrogen and oxygen atoms in total. The molecule has 3 aliphatic heterocycles. The Morgan fingerprint density at radius 1 is 0.911 bits per heavy atom. The maximum absolute atomic E-state index is 15.9. The number of nitrogens with two attached hydrogens (primary N) is 2. The van der Waals surface area contributed by atoms with Crippen LogP contribution in [0.5, 0.6) is 0 Å². The Hall–Kier alpha value is -3.40. The summed E-state index contributed by atoms with van der Waals surface area (Å²) in [6.07, 6.45) is -10.4. The van der Waals surface area contributed by atoms with Gasteiger partial charge >= 0.3 is 7.82 Å². The second-order valence-corrected chi connectivity index (χ2v) is 13.8. The largest absolute Gasteiger partial charge is 0.472 e. The molecule has 3 saturated heterocycles. The molecule has 7 heterocycles. The molecule has 0 radical (unpaired) electrons. The number of nitrogens with one attached hydrogen (secondary N) is 1. The molecule has 6 N–H and O–H groups in total. The summed E-state index contributed by atoms with van der Waals surface area (Å²) in [6.45, 7) is -1.53. The number of anilines is 2. The fourth-order valence-electron chi connectivity index (χ4n) is 5.35. The molecule has 0 amide bonds. The first-order valence-corrected chi connectivity index (χ1v) is 16.6. The van der Waals surface area contributed by atoms with Crippen LogP contribution in [0, 0.1) is 0 Å². The van der Waals surface area contributed by atoms with E-state index in [1.807, 2.05) is 0 Å². The molecular formula is C20H23BF2N10O10P2. The highest BCUT2D eigenvalue weighted by atomic mass is 31.2. The summed E-state index contributed by atoms with van der Waals surface area (Å²) in [4.78, 5) is 44.8. The van der Waals surface area contributed by atoms with E-state index in [1.54, 1.807) is 0 Å². The van der Waals surface area contributed by atoms with Crippen molar-refractivity contribution in [2.75, 3.05) is 24.7 Å². The minimum Gasteiger partial charge on any atom is -0.382 e. The Balaban J connectivity index is 1.17. The Morgan fingerprint density at radius 2 is 1.51 bits per heavy atom. The van der Waals surface area contributed by atoms with Crippen molar-refractivity contribution in [2.24, 2.45) is 0 Å². The van der Waals surface area contributed by atoms with Crippen LogP contribution in [-0.4, -0.2) is 101 Å². The molecule has 10 atom stereocenters. The van der Waals surface area contributed by atoms with E-state index in [0.717, 1.165) is 24.8 Å². The van der Waals surface area contributed by atoms with Crippen LogP contribution in [0.1, 0.15) is 12.5 Å². The Bertz CT molecular complexity index is 1950. The van der Waals surface area contributed by atoms with E-state index in [0.29, 0.717) is 0 Å². The number of phosphoric acid groups is 1. The Labute approximate surface area is 249 Å². The molecule has 0 aromatic carbocycles. The quantitative estimate of drug-likeness (QED) is 0.150. The average molecular weight is 674 g/mol. The lowest BCUT2D eigenvalue weighted by Crippen LogP contribution is -2.37. The van der Waals surface area contributed by atoms with Gasteiger partial charge in [0.25, 0.3) is 20.6 Å². The van der Waals surface area contributed by atoms with Gasteiger partial charge in [-0.15, -0.1) is 0 Å². The first-order valence-electron chi connectivity index (χ1n) is 13.1. The van der Waals surface area contributed by atoms with Crippen LogP contribution in [0.15, 0.2) is 23.8 Å². The normalized spacial score (nSPS) is 37.7. The number of phosphoric ester groups is 1. The predicted octanol–water partition coefficient (Wildman–Crippen LogP) is -0.746. The number of fused-ring (bicyclic) bond motifs is 4. The molecule has 2 unspecified atom stereocenters. The van der Waals surface area contributed by atoms with Gasteiger partial charge in [-0.3, -0.25) is 32.5 Å². The third-order valence-electron chi connectivity index (χ3n) is 7.36. The lowest BCUT2D eigenvalue weighted by molar-refractivity contribution is -0.0607. The van der Waals surface area contributed by atoms with Gasteiger partial charge in [0, 0.05) is 0 Å². The first kappa shape index (κ1) is 30.3. The van der Waals surface area contributed by atoms with E-state index >= 15 is 8.78 Å². The number of imidazole rings is 2. The van der Waals surface area contributed by atoms with Gasteiger partial charge in [-0.25, -0.2) is 33.3 Å². The highest BCUT2D eigenvalue weighted by molar-refractivity contribution is 7.79. The SMILES string of the molecule is BP1(=O)OC[C@H]2O[C@@H](n3cnc4c(=O)[nH]c(N)nc43)[C@H](F)[C@@H]2OP(=O)(O)OC[C@H]2O[C@@H](n3cnc4c(N)ncnc43)[C@H](F)[C@@H]2O1. The van der Waals surface area contributed by atoms with Gasteiger partial charge in [-0.05, 0) is 0 Å². The summed E-state index contributed by atoms with van der Waals surface area (Å²) < 4.78 is 93.4. The number of halogens is 2. The third-order valence-corrected chi connectivity index (χ3v) is 9.59. The Kier molecular flexibility index (Phi) is 7.30. The highest BCUT2D eigenvalue weighted by Gasteiger charge is 2.54. The van der Waals surface area contributed by atoms with Crippen LogP contribution < -0.4 is 17.0 Å². The molecule has 0 bridgehead atoms. The maximum atomic E-state index is 15.9. The van der Waals surface area contributed by atoms with Gasteiger partial charge in [0.05, 0.1) is 25.9 Å². The number of aromatic nitrogens is 8. The van der Waals surface area contributed by atoms with Crippen molar-refractivity contribution >= 4 is 57.0 Å². The van der Waals surface area contributed by atoms with Crippen molar-refractivity contribution in [1.82, 2.24) is 39.0 Å². The van der Waals surface area contributed by atoms with E-state index in [2.05, 4.69) is 29.9 Å². The summed E-state index contributed by atoms with van der Waals surface area (Å²) >= 11 is 0. The van der Waals surface area contributed by atoms with Crippen LogP contribution in [0.4, 0.5) is 20.5 Å². The van der Waals surface area contributed by atoms with E-state index in [4.69, 9.17) is 39.0 Å². The summed E-state index contributed by atoms with van der Waals surface area (Å²) in [7, 11) is -8.23. The smallest absolute Gasteiger partial charge is 0.382 e. The van der Waals surface area contributed by atoms with E-state index < -0.39 is 83.3 Å². The second kappa shape index (κ2) is 10.9. The van der Waals surface area contributed by atoms with E-state index in [1.165, 1.54) is 10.9 Å². The van der Waals surface area contributed by atoms with Crippen molar-refractivity contribution in [1.29, 1.82) is 0 Å². The molecule has 45 heavy (non-hydrogen) atoms. The highest BCUT2D eigenvalue weighted by Crippen LogP contribution is 2.54. The molecule has 3 aliphatic rings. The number of rotatable bonds is 2. The summed E-state index contributed by atoms with van der Waals surface area (Å²) in [5, 5.41) is 0. The van der Waals surface area contributed by atoms with Gasteiger partial charge in [0.2, 0.25) is 5.95 Å². The molecule has 0 spiro atoms. The van der Waals surface area contributed by atoms with E-state index in [-0.39, 0.29) is 34.1 Å². The van der Waals surface area contributed by atoms with Gasteiger partial charge in [-0.1, -0.05) is 0 Å². The van der Waals surface area contributed by atoms with Crippen molar-refractivity contribution in [3.63, 3.8) is 0 Å². The summed E-state index contributed by atoms with van der Waals surface area (Å²) in [5.41, 5.74) is 10.7. The molecule has 3 fully saturated rings. The lowest BCUT2D eigenvalue weighted by atomic mass is 10.1. The van der Waals surface area contributed by atoms with Gasteiger partial charge in [0.15, 0.2) is 47.4 Å². The number of nitrogen functional groups attached to an aromatic ring is 2. The fraction of sp³-hybridized carbons (Fsp3) is 0.500. The lowest BCUT2D eigenvalue weighted by Gasteiger charge is -2.28. The van der Waals surface area contributed by atoms with Crippen molar-refractivity contribution in [2.45, 2.75) is 49.2 Å². The standard InChI is InChI=1S/C20H23BF2N10O10P2/c21-44(35)38-1-6-13(9(23)19(40-6)33-5-29-11-16(33)30-20(25)31-17(11)34)43-45(36,37)39-2-7-12(42-44)8(22)18(41-7)32-4-28-10-14(24)26-3-27-15(10)32/h3-9,12-13,18-19H,1-2,21H2,(H,36,37)(H2,24,26,27)(H3,25,30,31,34)/t6-,7-,8-,9-,12-,13-,18-,19-,44?/m1/s1.